The number of amidine groups is 1. The molecule has 92 valence electrons. The molecule has 7 heteroatoms. The number of nitrogens with two attached hydrogens (primary N) is 1. The van der Waals surface area contributed by atoms with Crippen molar-refractivity contribution in [3.05, 3.63) is 47.8 Å². The van der Waals surface area contributed by atoms with Crippen molar-refractivity contribution < 1.29 is 10.0 Å². The van der Waals surface area contributed by atoms with Gasteiger partial charge in [0.1, 0.15) is 5.69 Å². The monoisotopic (exact) mass is 245 g/mol. The Hall–Kier alpha value is -2.83. The summed E-state index contributed by atoms with van der Waals surface area (Å²) in [5, 5.41) is 20.3. The number of nitrogens with zero attached hydrogens (tertiary/aromatic N) is 2. The second-order valence-corrected chi connectivity index (χ2v) is 3.49. The first kappa shape index (κ1) is 11.6. The van der Waals surface area contributed by atoms with Crippen LogP contribution in [0.1, 0.15) is 16.1 Å². The molecule has 0 radical (unpaired) electrons. The highest BCUT2D eigenvalue weighted by atomic mass is 16.4. The van der Waals surface area contributed by atoms with E-state index in [0.717, 1.165) is 0 Å². The number of carbonyl (C=O) groups is 1. The second-order valence-electron chi connectivity index (χ2n) is 3.49. The van der Waals surface area contributed by atoms with Crippen LogP contribution in [0.2, 0.25) is 0 Å². The van der Waals surface area contributed by atoms with E-state index in [1.165, 1.54) is 6.20 Å². The van der Waals surface area contributed by atoms with Gasteiger partial charge < -0.3 is 16.3 Å². The Morgan fingerprint density at radius 1 is 1.33 bits per heavy atom. The van der Waals surface area contributed by atoms with Crippen molar-refractivity contribution in [2.75, 3.05) is 5.32 Å². The lowest BCUT2D eigenvalue weighted by molar-refractivity contribution is 0.102. The number of aromatic nitrogens is 2. The van der Waals surface area contributed by atoms with Crippen molar-refractivity contribution in [3.63, 3.8) is 0 Å². The summed E-state index contributed by atoms with van der Waals surface area (Å²) in [5.74, 6) is -0.273. The largest absolute Gasteiger partial charge is 0.409 e. The minimum atomic E-state index is -0.288. The van der Waals surface area contributed by atoms with Crippen LogP contribution < -0.4 is 11.1 Å². The molecule has 1 amide bonds. The number of rotatable bonds is 3. The lowest BCUT2D eigenvalue weighted by Crippen LogP contribution is -2.14. The highest BCUT2D eigenvalue weighted by molar-refractivity contribution is 6.03. The van der Waals surface area contributed by atoms with Crippen LogP contribution in [0, 0.1) is 0 Å². The summed E-state index contributed by atoms with van der Waals surface area (Å²) in [6.07, 6.45) is 1.50. The number of benzene rings is 1. The summed E-state index contributed by atoms with van der Waals surface area (Å²) in [6, 6.07) is 8.15. The van der Waals surface area contributed by atoms with E-state index in [1.54, 1.807) is 30.3 Å². The number of carbonyl (C=O) groups excluding carboxylic acids is 1. The Balaban J connectivity index is 2.09. The van der Waals surface area contributed by atoms with Crippen LogP contribution in [0.25, 0.3) is 0 Å². The summed E-state index contributed by atoms with van der Waals surface area (Å²) in [5.41, 5.74) is 6.96. The Kier molecular flexibility index (Phi) is 3.24. The number of oxime groups is 1. The number of aromatic amines is 1. The fourth-order valence-corrected chi connectivity index (χ4v) is 1.36. The molecule has 18 heavy (non-hydrogen) atoms. The van der Waals surface area contributed by atoms with Gasteiger partial charge in [-0.1, -0.05) is 5.16 Å². The van der Waals surface area contributed by atoms with Crippen molar-refractivity contribution in [1.82, 2.24) is 10.2 Å². The molecule has 0 saturated carbocycles. The molecule has 0 spiro atoms. The van der Waals surface area contributed by atoms with Gasteiger partial charge in [0.2, 0.25) is 0 Å². The Labute approximate surface area is 102 Å². The number of H-pyrrole nitrogens is 1. The van der Waals surface area contributed by atoms with Crippen LogP contribution in [0.3, 0.4) is 0 Å². The summed E-state index contributed by atoms with van der Waals surface area (Å²) in [4.78, 5) is 11.7. The molecule has 2 aromatic rings. The molecule has 1 aromatic heterocycles. The van der Waals surface area contributed by atoms with Crippen molar-refractivity contribution in [1.29, 1.82) is 0 Å². The van der Waals surface area contributed by atoms with Crippen LogP contribution in [0.15, 0.2) is 41.7 Å². The Morgan fingerprint density at radius 3 is 2.61 bits per heavy atom. The number of hydrogen-bond donors (Lipinski definition) is 4. The van der Waals surface area contributed by atoms with E-state index in [-0.39, 0.29) is 11.7 Å². The first-order valence-electron chi connectivity index (χ1n) is 5.09. The minimum absolute atomic E-state index is 0.0152. The summed E-state index contributed by atoms with van der Waals surface area (Å²) in [7, 11) is 0. The predicted octanol–water partition coefficient (Wildman–Crippen LogP) is 0.756. The number of nitrogens with one attached hydrogen (secondary N) is 2. The SMILES string of the molecule is NC(=NO)c1ccc(NC(=O)c2ccn[nH]2)cc1. The van der Waals surface area contributed by atoms with Gasteiger partial charge in [-0.3, -0.25) is 9.89 Å². The third-order valence-corrected chi connectivity index (χ3v) is 2.29. The van der Waals surface area contributed by atoms with Crippen LogP contribution >= 0.6 is 0 Å². The number of anilines is 1. The van der Waals surface area contributed by atoms with Crippen molar-refractivity contribution in [3.8, 4) is 0 Å². The van der Waals surface area contributed by atoms with Crippen LogP contribution in [0.5, 0.6) is 0 Å². The fourth-order valence-electron chi connectivity index (χ4n) is 1.36. The first-order valence-corrected chi connectivity index (χ1v) is 5.09. The van der Waals surface area contributed by atoms with Crippen molar-refractivity contribution >= 4 is 17.4 Å². The maximum absolute atomic E-state index is 11.7. The van der Waals surface area contributed by atoms with Crippen molar-refractivity contribution in [2.45, 2.75) is 0 Å². The van der Waals surface area contributed by atoms with Gasteiger partial charge in [-0.15, -0.1) is 0 Å². The normalized spacial score (nSPS) is 11.2. The van der Waals surface area contributed by atoms with Crippen LogP contribution in [-0.4, -0.2) is 27.1 Å². The molecule has 0 fully saturated rings. The molecule has 0 atom stereocenters. The first-order chi connectivity index (χ1) is 8.70. The maximum atomic E-state index is 11.7. The Morgan fingerprint density at radius 2 is 2.06 bits per heavy atom. The second kappa shape index (κ2) is 5.00. The smallest absolute Gasteiger partial charge is 0.273 e. The van der Waals surface area contributed by atoms with Crippen LogP contribution in [-0.2, 0) is 0 Å². The average molecular weight is 245 g/mol. The van der Waals surface area contributed by atoms with E-state index >= 15 is 0 Å². The van der Waals surface area contributed by atoms with Gasteiger partial charge in [-0.05, 0) is 30.3 Å². The van der Waals surface area contributed by atoms with Crippen LogP contribution in [0.4, 0.5) is 5.69 Å². The molecular weight excluding hydrogens is 234 g/mol. The molecule has 1 aromatic carbocycles. The molecule has 0 aliphatic carbocycles. The zero-order valence-electron chi connectivity index (χ0n) is 9.29. The van der Waals surface area contributed by atoms with Gasteiger partial charge in [0.05, 0.1) is 0 Å². The van der Waals surface area contributed by atoms with E-state index in [1.807, 2.05) is 0 Å². The maximum Gasteiger partial charge on any atom is 0.273 e. The molecule has 0 aliphatic heterocycles. The molecule has 0 saturated heterocycles. The molecule has 0 unspecified atom stereocenters. The molecule has 1 heterocycles. The Bertz CT molecular complexity index is 560. The number of amides is 1. The van der Waals surface area contributed by atoms with Crippen molar-refractivity contribution in [2.24, 2.45) is 10.9 Å². The highest BCUT2D eigenvalue weighted by Crippen LogP contribution is 2.10. The molecule has 0 aliphatic rings. The zero-order chi connectivity index (χ0) is 13.0. The zero-order valence-corrected chi connectivity index (χ0v) is 9.29. The topological polar surface area (TPSA) is 116 Å². The summed E-state index contributed by atoms with van der Waals surface area (Å²) < 4.78 is 0. The standard InChI is InChI=1S/C11H11N5O2/c12-10(16-18)7-1-3-8(4-2-7)14-11(17)9-5-6-13-15-9/h1-6,18H,(H2,12,16)(H,13,15)(H,14,17). The van der Waals surface area contributed by atoms with E-state index in [4.69, 9.17) is 10.9 Å². The summed E-state index contributed by atoms with van der Waals surface area (Å²) in [6.45, 7) is 0. The third-order valence-electron chi connectivity index (χ3n) is 2.29. The summed E-state index contributed by atoms with van der Waals surface area (Å²) >= 11 is 0. The van der Waals surface area contributed by atoms with E-state index < -0.39 is 0 Å². The van der Waals surface area contributed by atoms with Gasteiger partial charge in [0, 0.05) is 17.4 Å². The van der Waals surface area contributed by atoms with Gasteiger partial charge >= 0.3 is 0 Å². The third kappa shape index (κ3) is 2.46. The van der Waals surface area contributed by atoms with Gasteiger partial charge in [0.25, 0.3) is 5.91 Å². The number of hydrogen-bond acceptors (Lipinski definition) is 4. The van der Waals surface area contributed by atoms with Gasteiger partial charge in [0.15, 0.2) is 5.84 Å². The molecule has 0 bridgehead atoms. The average Bonchev–Trinajstić information content (AvgIpc) is 2.92. The fraction of sp³-hybridized carbons (Fsp3) is 0. The molecule has 2 rings (SSSR count). The molecule has 7 nitrogen and oxygen atoms in total. The minimum Gasteiger partial charge on any atom is -0.409 e. The predicted molar refractivity (Wildman–Crippen MR) is 65.5 cm³/mol. The quantitative estimate of drug-likeness (QED) is 0.276. The van der Waals surface area contributed by atoms with Gasteiger partial charge in [-0.2, -0.15) is 5.10 Å². The molecular formula is C11H11N5O2. The highest BCUT2D eigenvalue weighted by Gasteiger charge is 2.07. The lowest BCUT2D eigenvalue weighted by atomic mass is 10.2. The van der Waals surface area contributed by atoms with E-state index in [9.17, 15) is 4.79 Å². The van der Waals surface area contributed by atoms with E-state index in [2.05, 4.69) is 20.7 Å². The van der Waals surface area contributed by atoms with Gasteiger partial charge in [-0.25, -0.2) is 0 Å². The molecule has 5 N–H and O–H groups in total. The van der Waals surface area contributed by atoms with E-state index in [0.29, 0.717) is 16.9 Å². The lowest BCUT2D eigenvalue weighted by Gasteiger charge is -2.04.